The molecular weight excluding hydrogens is 344 g/mol. The monoisotopic (exact) mass is 390 g/mol. The van der Waals surface area contributed by atoms with Crippen LogP contribution in [0.4, 0.5) is 0 Å². The number of aliphatic hydroxyl groups excluding tert-OH is 1. The maximum absolute atomic E-state index is 13.3. The number of rotatable bonds is 17. The SMILES string of the molecule is CCCCCCCCCCCC(=O)C1(C(CCC)CCC(C)O)C=CC=CC1. The Bertz CT molecular complexity index is 463. The van der Waals surface area contributed by atoms with Crippen LogP contribution in [0, 0.1) is 11.3 Å². The lowest BCUT2D eigenvalue weighted by molar-refractivity contribution is -0.129. The van der Waals surface area contributed by atoms with Crippen LogP contribution in [0.3, 0.4) is 0 Å². The third-order valence-corrected chi connectivity index (χ3v) is 6.42. The van der Waals surface area contributed by atoms with E-state index in [0.29, 0.717) is 18.1 Å². The summed E-state index contributed by atoms with van der Waals surface area (Å²) in [7, 11) is 0. The van der Waals surface area contributed by atoms with Crippen LogP contribution in [-0.2, 0) is 4.79 Å². The standard InChI is InChI=1S/C26H46O2/c1-4-6-7-8-9-10-11-12-14-18-25(28)26(21-15-13-16-22-26)24(17-5-2)20-19-23(3)27/h13,15-16,21,23-24,27H,4-12,14,17-20,22H2,1-3H3. The molecule has 0 radical (unpaired) electrons. The fourth-order valence-electron chi connectivity index (χ4n) is 4.65. The highest BCUT2D eigenvalue weighted by molar-refractivity contribution is 5.87. The van der Waals surface area contributed by atoms with E-state index in [2.05, 4.69) is 38.2 Å². The van der Waals surface area contributed by atoms with Crippen LogP contribution in [0.2, 0.25) is 0 Å². The zero-order valence-corrected chi connectivity index (χ0v) is 18.9. The lowest BCUT2D eigenvalue weighted by Crippen LogP contribution is -2.38. The first kappa shape index (κ1) is 25.1. The van der Waals surface area contributed by atoms with Crippen molar-refractivity contribution in [1.29, 1.82) is 0 Å². The maximum Gasteiger partial charge on any atom is 0.143 e. The van der Waals surface area contributed by atoms with Crippen LogP contribution < -0.4 is 0 Å². The summed E-state index contributed by atoms with van der Waals surface area (Å²) in [6.07, 6.45) is 25.2. The topological polar surface area (TPSA) is 37.3 Å². The van der Waals surface area contributed by atoms with Gasteiger partial charge in [-0.3, -0.25) is 4.79 Å². The van der Waals surface area contributed by atoms with Gasteiger partial charge >= 0.3 is 0 Å². The van der Waals surface area contributed by atoms with Gasteiger partial charge in [0.15, 0.2) is 0 Å². The first-order chi connectivity index (χ1) is 13.6. The molecule has 162 valence electrons. The first-order valence-electron chi connectivity index (χ1n) is 12.1. The Hall–Kier alpha value is -0.890. The van der Waals surface area contributed by atoms with E-state index in [1.165, 1.54) is 51.4 Å². The van der Waals surface area contributed by atoms with Gasteiger partial charge in [0.2, 0.25) is 0 Å². The third kappa shape index (κ3) is 9.07. The molecule has 0 heterocycles. The van der Waals surface area contributed by atoms with Gasteiger partial charge < -0.3 is 5.11 Å². The predicted molar refractivity (Wildman–Crippen MR) is 121 cm³/mol. The van der Waals surface area contributed by atoms with E-state index in [0.717, 1.165) is 38.5 Å². The van der Waals surface area contributed by atoms with E-state index in [9.17, 15) is 9.90 Å². The first-order valence-corrected chi connectivity index (χ1v) is 12.1. The fraction of sp³-hybridized carbons (Fsp3) is 0.808. The molecule has 2 heteroatoms. The van der Waals surface area contributed by atoms with Gasteiger partial charge in [-0.1, -0.05) is 95.9 Å². The molecule has 0 aromatic rings. The molecule has 1 aliphatic carbocycles. The molecule has 0 aromatic heterocycles. The highest BCUT2D eigenvalue weighted by atomic mass is 16.3. The van der Waals surface area contributed by atoms with E-state index >= 15 is 0 Å². The van der Waals surface area contributed by atoms with Crippen LogP contribution in [0.1, 0.15) is 117 Å². The number of carbonyl (C=O) groups excluding carboxylic acids is 1. The van der Waals surface area contributed by atoms with E-state index in [-0.39, 0.29) is 11.5 Å². The molecule has 0 saturated carbocycles. The van der Waals surface area contributed by atoms with Crippen LogP contribution in [0.15, 0.2) is 24.3 Å². The Morgan fingerprint density at radius 1 is 0.893 bits per heavy atom. The van der Waals surface area contributed by atoms with Crippen molar-refractivity contribution in [2.24, 2.45) is 11.3 Å². The Kier molecular flexibility index (Phi) is 13.5. The molecular formula is C26H46O2. The molecule has 1 N–H and O–H groups in total. The lowest BCUT2D eigenvalue weighted by atomic mass is 9.64. The number of hydrogen-bond donors (Lipinski definition) is 1. The molecule has 0 amide bonds. The van der Waals surface area contributed by atoms with Crippen molar-refractivity contribution in [3.63, 3.8) is 0 Å². The quantitative estimate of drug-likeness (QED) is 0.260. The van der Waals surface area contributed by atoms with E-state index in [1.807, 2.05) is 6.92 Å². The van der Waals surface area contributed by atoms with E-state index in [4.69, 9.17) is 0 Å². The lowest BCUT2D eigenvalue weighted by Gasteiger charge is -2.38. The average Bonchev–Trinajstić information content (AvgIpc) is 2.70. The summed E-state index contributed by atoms with van der Waals surface area (Å²) in [5.74, 6) is 0.777. The average molecular weight is 391 g/mol. The number of Topliss-reactive ketones (excluding diaryl/α,β-unsaturated/α-hetero) is 1. The largest absolute Gasteiger partial charge is 0.393 e. The van der Waals surface area contributed by atoms with Crippen LogP contribution >= 0.6 is 0 Å². The van der Waals surface area contributed by atoms with Gasteiger partial charge in [0.1, 0.15) is 5.78 Å². The van der Waals surface area contributed by atoms with Crippen LogP contribution in [0.25, 0.3) is 0 Å². The summed E-state index contributed by atoms with van der Waals surface area (Å²) in [4.78, 5) is 13.3. The number of hydrogen-bond acceptors (Lipinski definition) is 2. The van der Waals surface area contributed by atoms with Crippen molar-refractivity contribution in [1.82, 2.24) is 0 Å². The van der Waals surface area contributed by atoms with E-state index < -0.39 is 0 Å². The van der Waals surface area contributed by atoms with E-state index in [1.54, 1.807) is 0 Å². The molecule has 0 aromatic carbocycles. The number of carbonyl (C=O) groups is 1. The molecule has 1 aliphatic rings. The molecule has 0 saturated heterocycles. The molecule has 0 fully saturated rings. The Morgan fingerprint density at radius 2 is 1.54 bits per heavy atom. The minimum absolute atomic E-state index is 0.285. The zero-order chi connectivity index (χ0) is 20.7. The van der Waals surface area contributed by atoms with Gasteiger partial charge in [-0.25, -0.2) is 0 Å². The fourth-order valence-corrected chi connectivity index (χ4v) is 4.65. The van der Waals surface area contributed by atoms with Gasteiger partial charge in [0, 0.05) is 6.42 Å². The zero-order valence-electron chi connectivity index (χ0n) is 18.9. The molecule has 3 unspecified atom stereocenters. The summed E-state index contributed by atoms with van der Waals surface area (Å²) in [5, 5.41) is 9.77. The highest BCUT2D eigenvalue weighted by Gasteiger charge is 2.41. The molecule has 28 heavy (non-hydrogen) atoms. The smallest absolute Gasteiger partial charge is 0.143 e. The second-order valence-electron chi connectivity index (χ2n) is 8.95. The van der Waals surface area contributed by atoms with Crippen molar-refractivity contribution in [3.8, 4) is 0 Å². The number of allylic oxidation sites excluding steroid dienone is 4. The van der Waals surface area contributed by atoms with Crippen molar-refractivity contribution in [2.75, 3.05) is 0 Å². The third-order valence-electron chi connectivity index (χ3n) is 6.42. The van der Waals surface area contributed by atoms with Crippen molar-refractivity contribution in [2.45, 2.75) is 123 Å². The van der Waals surface area contributed by atoms with Gasteiger partial charge in [-0.05, 0) is 44.9 Å². The normalized spacial score (nSPS) is 21.0. The molecule has 0 aliphatic heterocycles. The Balaban J connectivity index is 2.50. The second-order valence-corrected chi connectivity index (χ2v) is 8.95. The van der Waals surface area contributed by atoms with Crippen LogP contribution in [-0.4, -0.2) is 17.0 Å². The van der Waals surface area contributed by atoms with Gasteiger partial charge in [0.05, 0.1) is 11.5 Å². The molecule has 1 rings (SSSR count). The van der Waals surface area contributed by atoms with Crippen LogP contribution in [0.5, 0.6) is 0 Å². The maximum atomic E-state index is 13.3. The second kappa shape index (κ2) is 15.0. The number of ketones is 1. The van der Waals surface area contributed by atoms with Crippen molar-refractivity contribution < 1.29 is 9.90 Å². The molecule has 3 atom stereocenters. The minimum atomic E-state index is -0.334. The molecule has 2 nitrogen and oxygen atoms in total. The highest BCUT2D eigenvalue weighted by Crippen LogP contribution is 2.43. The number of aliphatic hydroxyl groups is 1. The Morgan fingerprint density at radius 3 is 2.07 bits per heavy atom. The van der Waals surface area contributed by atoms with Crippen molar-refractivity contribution in [3.05, 3.63) is 24.3 Å². The van der Waals surface area contributed by atoms with Gasteiger partial charge in [0.25, 0.3) is 0 Å². The summed E-state index contributed by atoms with van der Waals surface area (Å²) in [5.41, 5.74) is -0.334. The van der Waals surface area contributed by atoms with Gasteiger partial charge in [-0.2, -0.15) is 0 Å². The summed E-state index contributed by atoms with van der Waals surface area (Å²) < 4.78 is 0. The predicted octanol–water partition coefficient (Wildman–Crippen LogP) is 7.56. The van der Waals surface area contributed by atoms with Crippen molar-refractivity contribution >= 4 is 5.78 Å². The molecule has 0 spiro atoms. The minimum Gasteiger partial charge on any atom is -0.393 e. The summed E-state index contributed by atoms with van der Waals surface area (Å²) >= 11 is 0. The Labute approximate surface area is 174 Å². The number of unbranched alkanes of at least 4 members (excludes halogenated alkanes) is 8. The summed E-state index contributed by atoms with van der Waals surface area (Å²) in [6, 6.07) is 0. The molecule has 0 bridgehead atoms. The van der Waals surface area contributed by atoms with Gasteiger partial charge in [-0.15, -0.1) is 0 Å². The summed E-state index contributed by atoms with van der Waals surface area (Å²) in [6.45, 7) is 6.32.